The lowest BCUT2D eigenvalue weighted by molar-refractivity contribution is 1.01. The summed E-state index contributed by atoms with van der Waals surface area (Å²) in [6.07, 6.45) is 53.6. The molecule has 0 saturated carbocycles. The van der Waals surface area contributed by atoms with Gasteiger partial charge in [0.15, 0.2) is 0 Å². The van der Waals surface area contributed by atoms with Crippen LogP contribution >= 0.6 is 0 Å². The maximum absolute atomic E-state index is 6.22. The summed E-state index contributed by atoms with van der Waals surface area (Å²) in [5.74, 6) is 0. The predicted octanol–water partition coefficient (Wildman–Crippen LogP) is 18.8. The maximum atomic E-state index is 6.22. The number of aromatic nitrogens is 1. The number of aryl methyl sites for hydroxylation is 1. The van der Waals surface area contributed by atoms with Crippen molar-refractivity contribution >= 4 is 35.3 Å². The second-order valence-electron chi connectivity index (χ2n) is 15.9. The average molecular weight is 979 g/mol. The molecule has 0 aliphatic heterocycles. The zero-order valence-electron chi connectivity index (χ0n) is 47.1. The average Bonchev–Trinajstić information content (AvgIpc) is 3.70. The molecule has 1 heterocycles. The number of allylic oxidation sites excluding steroid dienone is 18. The minimum Gasteiger partial charge on any atom is -0.399 e. The van der Waals surface area contributed by atoms with Gasteiger partial charge in [-0.25, -0.2) is 0 Å². The molecule has 1 aliphatic carbocycles. The fourth-order valence-corrected chi connectivity index (χ4v) is 7.57. The van der Waals surface area contributed by atoms with E-state index < -0.39 is 0 Å². The molecule has 388 valence electrons. The van der Waals surface area contributed by atoms with Gasteiger partial charge in [-0.1, -0.05) is 174 Å². The molecule has 5 rings (SSSR count). The molecular weight excluding hydrogens is 887 g/mol. The molecular formula is C68H91N5. The first-order valence-electron chi connectivity index (χ1n) is 25.8. The number of nitrogens with two attached hydrogens (primary N) is 2. The second-order valence-corrected chi connectivity index (χ2v) is 15.9. The number of hydrogen-bond donors (Lipinski definition) is 3. The van der Waals surface area contributed by atoms with Gasteiger partial charge in [0.1, 0.15) is 0 Å². The Morgan fingerprint density at radius 3 is 1.88 bits per heavy atom. The Hall–Kier alpha value is -7.52. The van der Waals surface area contributed by atoms with Crippen LogP contribution in [0.3, 0.4) is 0 Å². The number of benzene rings is 3. The van der Waals surface area contributed by atoms with Crippen LogP contribution in [0.15, 0.2) is 206 Å². The van der Waals surface area contributed by atoms with E-state index in [2.05, 4.69) is 195 Å². The van der Waals surface area contributed by atoms with E-state index in [1.165, 1.54) is 35.1 Å². The fraction of sp³-hybridized carbons (Fsp3) is 0.265. The van der Waals surface area contributed by atoms with Crippen LogP contribution in [0.2, 0.25) is 0 Å². The topological polar surface area (TPSA) is 72.2 Å². The van der Waals surface area contributed by atoms with Crippen molar-refractivity contribution in [2.75, 3.05) is 17.3 Å². The van der Waals surface area contributed by atoms with E-state index in [1.54, 1.807) is 0 Å². The molecule has 0 radical (unpaired) electrons. The normalized spacial score (nSPS) is 12.5. The van der Waals surface area contributed by atoms with Gasteiger partial charge < -0.3 is 26.3 Å². The van der Waals surface area contributed by atoms with Gasteiger partial charge in [0.25, 0.3) is 0 Å². The van der Waals surface area contributed by atoms with E-state index in [9.17, 15) is 0 Å². The fourth-order valence-electron chi connectivity index (χ4n) is 7.57. The summed E-state index contributed by atoms with van der Waals surface area (Å²) in [5.41, 5.74) is 28.9. The lowest BCUT2D eigenvalue weighted by Gasteiger charge is -2.23. The minimum atomic E-state index is 0.475. The van der Waals surface area contributed by atoms with Gasteiger partial charge in [0.05, 0.1) is 5.69 Å². The minimum absolute atomic E-state index is 0.475. The zero-order valence-corrected chi connectivity index (χ0v) is 47.1. The molecule has 0 bridgehead atoms. The first-order chi connectivity index (χ1) is 35.5. The van der Waals surface area contributed by atoms with Gasteiger partial charge in [-0.05, 0) is 169 Å². The van der Waals surface area contributed by atoms with E-state index in [0.29, 0.717) is 6.54 Å². The zero-order chi connectivity index (χ0) is 55.0. The summed E-state index contributed by atoms with van der Waals surface area (Å²) in [5, 5.41) is 3.57. The van der Waals surface area contributed by atoms with Gasteiger partial charge in [-0.15, -0.1) is 12.8 Å². The highest BCUT2D eigenvalue weighted by molar-refractivity contribution is 5.75. The summed E-state index contributed by atoms with van der Waals surface area (Å²) >= 11 is 0. The Balaban J connectivity index is 0.00000116. The molecule has 1 aliphatic rings. The molecule has 0 unspecified atom stereocenters. The SMILES string of the molecule is C#C.C1=CCCC=C1.C=C/C(=C(\C=C/C)C/C=C\C=C/C)N(C)c1ccc(C/C=C(N)/C(/C=C\C)=C/C)cc1.C=Cc1c(C)c(/C=C\C)n(-c2cc(CN)cc(Nc3ccccc3C)c2)c1/C=C\C.CC.CC. The quantitative estimate of drug-likeness (QED) is 0.0686. The summed E-state index contributed by atoms with van der Waals surface area (Å²) in [4.78, 5) is 2.18. The number of likely N-dealkylation sites (N-methyl/N-ethyl adjacent to an activating group) is 1. The Bertz CT molecular complexity index is 2590. The second kappa shape index (κ2) is 40.1. The van der Waals surface area contributed by atoms with Crippen LogP contribution in [-0.2, 0) is 13.0 Å². The lowest BCUT2D eigenvalue weighted by Crippen LogP contribution is -2.16. The molecule has 0 fully saturated rings. The molecule has 1 aromatic heterocycles. The number of nitrogens with one attached hydrogen (secondary N) is 1. The smallest absolute Gasteiger partial charge is 0.0534 e. The Labute approximate surface area is 445 Å². The van der Waals surface area contributed by atoms with Crippen molar-refractivity contribution in [1.82, 2.24) is 4.57 Å². The molecule has 5 nitrogen and oxygen atoms in total. The van der Waals surface area contributed by atoms with Crippen molar-refractivity contribution in [3.63, 3.8) is 0 Å². The highest BCUT2D eigenvalue weighted by Crippen LogP contribution is 2.33. The molecule has 0 atom stereocenters. The summed E-state index contributed by atoms with van der Waals surface area (Å²) < 4.78 is 2.29. The molecule has 0 saturated heterocycles. The standard InChI is InChI=1S/C29H38N2.C27H31N3.C6H8.2C2H6.C2H2/c1-7-12-13-14-17-26(16-9-3)29(11-5)31(6)27-21-18-24(19-22-27)20-23-28(30)25(10-4)15-8-2;1-6-11-26-20(5)24(8-3)27(12-7-2)30(26)23-16-21(18-28)15-22(17-23)29-25-14-10-9-13-19(25)4;1-2-4-6-5-3-1;3*1-2/h7-16,18-19,21-23H,5,17,20,30H2,1-4,6H3;6-17,29H,3,18,28H2,1-2,4-5H3;1-4H,5-6H2;2*1-2H3;1-2H/b12-7-,14-13-,15-8-,16-9-,25-10+,28-23-,29-26-;11-6-,12-7-;;;;. The van der Waals surface area contributed by atoms with Gasteiger partial charge in [0.2, 0.25) is 0 Å². The van der Waals surface area contributed by atoms with Crippen LogP contribution in [0.5, 0.6) is 0 Å². The first-order valence-corrected chi connectivity index (χ1v) is 25.8. The monoisotopic (exact) mass is 978 g/mol. The van der Waals surface area contributed by atoms with Crippen LogP contribution in [0.1, 0.15) is 128 Å². The van der Waals surface area contributed by atoms with Crippen molar-refractivity contribution in [3.05, 3.63) is 245 Å². The summed E-state index contributed by atoms with van der Waals surface area (Å²) in [7, 11) is 2.08. The third kappa shape index (κ3) is 22.2. The maximum Gasteiger partial charge on any atom is 0.0534 e. The Morgan fingerprint density at radius 1 is 0.753 bits per heavy atom. The van der Waals surface area contributed by atoms with Crippen molar-refractivity contribution < 1.29 is 0 Å². The van der Waals surface area contributed by atoms with Crippen molar-refractivity contribution in [1.29, 1.82) is 0 Å². The number of terminal acetylenes is 1. The number of anilines is 3. The van der Waals surface area contributed by atoms with Crippen molar-refractivity contribution in [2.45, 2.75) is 115 Å². The number of rotatable bonds is 18. The van der Waals surface area contributed by atoms with E-state index >= 15 is 0 Å². The largest absolute Gasteiger partial charge is 0.399 e. The highest BCUT2D eigenvalue weighted by atomic mass is 15.1. The number of para-hydroxylation sites is 1. The van der Waals surface area contributed by atoms with Crippen molar-refractivity contribution in [3.8, 4) is 18.5 Å². The van der Waals surface area contributed by atoms with E-state index in [-0.39, 0.29) is 0 Å². The summed E-state index contributed by atoms with van der Waals surface area (Å²) in [6, 6.07) is 23.4. The number of hydrogen-bond acceptors (Lipinski definition) is 4. The van der Waals surface area contributed by atoms with Crippen LogP contribution in [-0.4, -0.2) is 11.6 Å². The summed E-state index contributed by atoms with van der Waals surface area (Å²) in [6.45, 7) is 33.0. The number of nitrogens with zero attached hydrogens (tertiary/aromatic N) is 2. The third-order valence-corrected chi connectivity index (χ3v) is 11.1. The van der Waals surface area contributed by atoms with E-state index in [1.807, 2.05) is 124 Å². The molecule has 0 spiro atoms. The van der Waals surface area contributed by atoms with Crippen LogP contribution in [0.4, 0.5) is 17.1 Å². The Morgan fingerprint density at radius 2 is 1.37 bits per heavy atom. The molecule has 0 amide bonds. The predicted molar refractivity (Wildman–Crippen MR) is 332 cm³/mol. The molecule has 5 N–H and O–H groups in total. The van der Waals surface area contributed by atoms with Crippen LogP contribution < -0.4 is 21.7 Å². The molecule has 73 heavy (non-hydrogen) atoms. The van der Waals surface area contributed by atoms with Gasteiger partial charge in [0, 0.05) is 59.0 Å². The third-order valence-electron chi connectivity index (χ3n) is 11.1. The Kier molecular flexibility index (Phi) is 36.0. The van der Waals surface area contributed by atoms with E-state index in [4.69, 9.17) is 11.5 Å². The van der Waals surface area contributed by atoms with Crippen LogP contribution in [0.25, 0.3) is 23.9 Å². The first kappa shape index (κ1) is 65.5. The van der Waals surface area contributed by atoms with Crippen molar-refractivity contribution in [2.24, 2.45) is 11.5 Å². The van der Waals surface area contributed by atoms with E-state index in [0.717, 1.165) is 75.1 Å². The molecule has 5 heteroatoms. The van der Waals surface area contributed by atoms with Gasteiger partial charge in [-0.2, -0.15) is 0 Å². The van der Waals surface area contributed by atoms with Gasteiger partial charge in [-0.3, -0.25) is 0 Å². The van der Waals surface area contributed by atoms with Gasteiger partial charge >= 0.3 is 0 Å². The van der Waals surface area contributed by atoms with Crippen LogP contribution in [0, 0.1) is 26.7 Å². The lowest BCUT2D eigenvalue weighted by atomic mass is 10.1. The molecule has 3 aromatic carbocycles. The highest BCUT2D eigenvalue weighted by Gasteiger charge is 2.18. The molecule has 4 aromatic rings.